The first kappa shape index (κ1) is 23.2. The van der Waals surface area contributed by atoms with Gasteiger partial charge in [-0.15, -0.1) is 12.4 Å². The molecule has 0 aromatic heterocycles. The minimum absolute atomic E-state index is 0. The van der Waals surface area contributed by atoms with E-state index in [9.17, 15) is 13.2 Å². The third-order valence-electron chi connectivity index (χ3n) is 5.02. The molecule has 31 heavy (non-hydrogen) atoms. The summed E-state index contributed by atoms with van der Waals surface area (Å²) in [5.74, 6) is -0.329. The average Bonchev–Trinajstić information content (AvgIpc) is 2.71. The molecule has 9 heteroatoms. The highest BCUT2D eigenvalue weighted by atomic mass is 35.5. The number of fused-ring (bicyclic) bond motifs is 1. The first-order valence-electron chi connectivity index (χ1n) is 9.66. The number of amides is 1. The topological polar surface area (TPSA) is 111 Å². The lowest BCUT2D eigenvalue weighted by Crippen LogP contribution is -2.48. The Bertz CT molecular complexity index is 1170. The highest BCUT2D eigenvalue weighted by Crippen LogP contribution is 2.29. The van der Waals surface area contributed by atoms with Gasteiger partial charge in [0.1, 0.15) is 0 Å². The van der Waals surface area contributed by atoms with Gasteiger partial charge in [0.05, 0.1) is 30.2 Å². The number of carbonyl (C=O) groups is 1. The molecule has 1 unspecified atom stereocenters. The maximum absolute atomic E-state index is 12.8. The SMILES string of the molecule is Cl.NC(Cc1ccccc1)C(=O)Nc1cccc2c(S(=O)(=O)NC3COC3)cccc12. The van der Waals surface area contributed by atoms with Crippen LogP contribution in [0.25, 0.3) is 10.8 Å². The molecular weight excluding hydrogens is 438 g/mol. The maximum Gasteiger partial charge on any atom is 0.241 e. The Balaban J connectivity index is 0.00000272. The number of benzene rings is 3. The molecule has 1 amide bonds. The van der Waals surface area contributed by atoms with Crippen LogP contribution in [0.4, 0.5) is 5.69 Å². The largest absolute Gasteiger partial charge is 0.378 e. The van der Waals surface area contributed by atoms with Crippen LogP contribution in [0.2, 0.25) is 0 Å². The second kappa shape index (κ2) is 9.76. The first-order valence-corrected chi connectivity index (χ1v) is 11.1. The molecule has 0 radical (unpaired) electrons. The van der Waals surface area contributed by atoms with Crippen LogP contribution < -0.4 is 15.8 Å². The van der Waals surface area contributed by atoms with E-state index >= 15 is 0 Å². The van der Waals surface area contributed by atoms with Crippen molar-refractivity contribution in [1.29, 1.82) is 0 Å². The van der Waals surface area contributed by atoms with Gasteiger partial charge in [0.2, 0.25) is 15.9 Å². The number of hydrogen-bond donors (Lipinski definition) is 3. The van der Waals surface area contributed by atoms with Gasteiger partial charge in [0, 0.05) is 16.5 Å². The van der Waals surface area contributed by atoms with Crippen LogP contribution in [0, 0.1) is 0 Å². The Labute approximate surface area is 187 Å². The number of nitrogens with two attached hydrogens (primary N) is 1. The second-order valence-corrected chi connectivity index (χ2v) is 8.98. The van der Waals surface area contributed by atoms with Gasteiger partial charge in [-0.05, 0) is 24.1 Å². The maximum atomic E-state index is 12.8. The van der Waals surface area contributed by atoms with Crippen molar-refractivity contribution in [1.82, 2.24) is 4.72 Å². The minimum Gasteiger partial charge on any atom is -0.378 e. The van der Waals surface area contributed by atoms with Gasteiger partial charge >= 0.3 is 0 Å². The van der Waals surface area contributed by atoms with E-state index in [1.807, 2.05) is 30.3 Å². The molecule has 3 aromatic rings. The van der Waals surface area contributed by atoms with E-state index in [2.05, 4.69) is 10.0 Å². The summed E-state index contributed by atoms with van der Waals surface area (Å²) in [6.45, 7) is 0.731. The van der Waals surface area contributed by atoms with Gasteiger partial charge in [-0.2, -0.15) is 0 Å². The van der Waals surface area contributed by atoms with Crippen molar-refractivity contribution in [2.75, 3.05) is 18.5 Å². The van der Waals surface area contributed by atoms with Gasteiger partial charge in [-0.25, -0.2) is 13.1 Å². The van der Waals surface area contributed by atoms with Gasteiger partial charge in [0.25, 0.3) is 0 Å². The Morgan fingerprint density at radius 2 is 1.68 bits per heavy atom. The zero-order chi connectivity index (χ0) is 21.1. The molecule has 0 bridgehead atoms. The lowest BCUT2D eigenvalue weighted by molar-refractivity contribution is -0.117. The Morgan fingerprint density at radius 3 is 2.35 bits per heavy atom. The van der Waals surface area contributed by atoms with Gasteiger partial charge in [-0.1, -0.05) is 54.6 Å². The van der Waals surface area contributed by atoms with Crippen molar-refractivity contribution >= 4 is 44.8 Å². The molecule has 0 spiro atoms. The van der Waals surface area contributed by atoms with E-state index < -0.39 is 16.1 Å². The number of anilines is 1. The summed E-state index contributed by atoms with van der Waals surface area (Å²) in [6, 6.07) is 18.8. The van der Waals surface area contributed by atoms with E-state index in [1.165, 1.54) is 0 Å². The molecule has 4 N–H and O–H groups in total. The number of sulfonamides is 1. The number of carbonyl (C=O) groups excluding carboxylic acids is 1. The fraction of sp³-hybridized carbons (Fsp3) is 0.227. The number of nitrogens with one attached hydrogen (secondary N) is 2. The van der Waals surface area contributed by atoms with Crippen molar-refractivity contribution in [2.24, 2.45) is 5.73 Å². The average molecular weight is 462 g/mol. The molecule has 1 aliphatic heterocycles. The summed E-state index contributed by atoms with van der Waals surface area (Å²) >= 11 is 0. The summed E-state index contributed by atoms with van der Waals surface area (Å²) in [7, 11) is -3.72. The van der Waals surface area contributed by atoms with E-state index in [1.54, 1.807) is 36.4 Å². The molecule has 3 aromatic carbocycles. The molecule has 1 atom stereocenters. The number of halogens is 1. The van der Waals surface area contributed by atoms with E-state index in [-0.39, 0.29) is 29.3 Å². The predicted molar refractivity (Wildman–Crippen MR) is 123 cm³/mol. The second-order valence-electron chi connectivity index (χ2n) is 7.30. The third-order valence-corrected chi connectivity index (χ3v) is 6.60. The highest BCUT2D eigenvalue weighted by molar-refractivity contribution is 7.89. The van der Waals surface area contributed by atoms with E-state index in [0.29, 0.717) is 36.1 Å². The molecule has 1 saturated heterocycles. The fourth-order valence-corrected chi connectivity index (χ4v) is 4.82. The molecule has 1 heterocycles. The minimum atomic E-state index is -3.72. The van der Waals surface area contributed by atoms with Crippen molar-refractivity contribution in [3.05, 3.63) is 72.3 Å². The standard InChI is InChI=1S/C22H23N3O4S.ClH/c23-19(12-15-6-2-1-3-7-15)22(26)24-20-10-4-9-18-17(20)8-5-11-21(18)30(27,28)25-16-13-29-14-16;/h1-11,16,19,25H,12-14,23H2,(H,24,26);1H. The van der Waals surface area contributed by atoms with Gasteiger partial charge in [0.15, 0.2) is 0 Å². The monoisotopic (exact) mass is 461 g/mol. The van der Waals surface area contributed by atoms with Gasteiger partial charge < -0.3 is 15.8 Å². The quantitative estimate of drug-likeness (QED) is 0.500. The third kappa shape index (κ3) is 5.23. The summed E-state index contributed by atoms with van der Waals surface area (Å²) < 4.78 is 33.3. The molecule has 1 fully saturated rings. The smallest absolute Gasteiger partial charge is 0.241 e. The highest BCUT2D eigenvalue weighted by Gasteiger charge is 2.27. The van der Waals surface area contributed by atoms with Crippen LogP contribution >= 0.6 is 12.4 Å². The molecule has 0 saturated carbocycles. The van der Waals surface area contributed by atoms with Gasteiger partial charge in [-0.3, -0.25) is 4.79 Å². The van der Waals surface area contributed by atoms with Crippen molar-refractivity contribution in [2.45, 2.75) is 23.4 Å². The number of ether oxygens (including phenoxy) is 1. The summed E-state index contributed by atoms with van der Waals surface area (Å²) in [6.07, 6.45) is 0.407. The Kier molecular flexibility index (Phi) is 7.30. The van der Waals surface area contributed by atoms with E-state index in [4.69, 9.17) is 10.5 Å². The zero-order valence-electron chi connectivity index (χ0n) is 16.7. The van der Waals surface area contributed by atoms with Crippen LogP contribution in [0.3, 0.4) is 0 Å². The molecule has 0 aliphatic carbocycles. The van der Waals surface area contributed by atoms with Crippen LogP contribution in [0.5, 0.6) is 0 Å². The molecule has 7 nitrogen and oxygen atoms in total. The summed E-state index contributed by atoms with van der Waals surface area (Å²) in [4.78, 5) is 12.8. The summed E-state index contributed by atoms with van der Waals surface area (Å²) in [5, 5.41) is 4.01. The zero-order valence-corrected chi connectivity index (χ0v) is 18.3. The van der Waals surface area contributed by atoms with Crippen LogP contribution in [0.15, 0.2) is 71.6 Å². The fourth-order valence-electron chi connectivity index (χ4n) is 3.40. The molecular formula is C22H24ClN3O4S. The van der Waals surface area contributed by atoms with E-state index in [0.717, 1.165) is 5.56 Å². The van der Waals surface area contributed by atoms with Crippen LogP contribution in [-0.2, 0) is 26.0 Å². The predicted octanol–water partition coefficient (Wildman–Crippen LogP) is 2.45. The number of hydrogen-bond acceptors (Lipinski definition) is 5. The molecule has 164 valence electrons. The lowest BCUT2D eigenvalue weighted by atomic mass is 10.1. The van der Waals surface area contributed by atoms with Crippen molar-refractivity contribution in [3.63, 3.8) is 0 Å². The van der Waals surface area contributed by atoms with Crippen molar-refractivity contribution < 1.29 is 17.9 Å². The summed E-state index contributed by atoms with van der Waals surface area (Å²) in [5.41, 5.74) is 7.58. The molecule has 1 aliphatic rings. The Morgan fingerprint density at radius 1 is 1.00 bits per heavy atom. The van der Waals surface area contributed by atoms with Crippen LogP contribution in [0.1, 0.15) is 5.56 Å². The Hall–Kier alpha value is -2.49. The lowest BCUT2D eigenvalue weighted by Gasteiger charge is -2.26. The normalized spacial score (nSPS) is 15.0. The molecule has 4 rings (SSSR count). The first-order chi connectivity index (χ1) is 14.4. The van der Waals surface area contributed by atoms with Crippen LogP contribution in [-0.4, -0.2) is 39.6 Å². The van der Waals surface area contributed by atoms with Crippen molar-refractivity contribution in [3.8, 4) is 0 Å². The number of rotatable bonds is 7.